The van der Waals surface area contributed by atoms with Crippen LogP contribution in [0.1, 0.15) is 18.4 Å². The molecular weight excluding hydrogens is 420 g/mol. The average Bonchev–Trinajstić information content (AvgIpc) is 3.37. The van der Waals surface area contributed by atoms with Crippen molar-refractivity contribution in [1.82, 2.24) is 9.88 Å². The Bertz CT molecular complexity index is 925. The Morgan fingerprint density at radius 1 is 1.00 bits per heavy atom. The van der Waals surface area contributed by atoms with Crippen molar-refractivity contribution in [3.05, 3.63) is 65.7 Å². The molecule has 0 atom stereocenters. The predicted octanol–water partition coefficient (Wildman–Crippen LogP) is 4.75. The summed E-state index contributed by atoms with van der Waals surface area (Å²) in [5.41, 5.74) is 2.42. The van der Waals surface area contributed by atoms with Crippen LogP contribution in [0, 0.1) is 0 Å². The number of methoxy groups -OCH3 is 1. The number of unbranched alkanes of at least 4 members (excludes halogenated alkanes) is 1. The van der Waals surface area contributed by atoms with Crippen LogP contribution in [0.3, 0.4) is 0 Å². The Balaban J connectivity index is 1.09. The summed E-state index contributed by atoms with van der Waals surface area (Å²) in [5, 5.41) is 6.25. The fraction of sp³-hybridized carbons (Fsp3) is 0.400. The molecule has 1 aliphatic rings. The van der Waals surface area contributed by atoms with E-state index in [0.29, 0.717) is 0 Å². The van der Waals surface area contributed by atoms with Crippen molar-refractivity contribution in [2.24, 2.45) is 0 Å². The molecule has 7 heteroatoms. The van der Waals surface area contributed by atoms with E-state index in [0.717, 1.165) is 75.3 Å². The molecule has 32 heavy (non-hydrogen) atoms. The lowest BCUT2D eigenvalue weighted by Crippen LogP contribution is -2.46. The van der Waals surface area contributed by atoms with Gasteiger partial charge in [-0.05, 0) is 49.2 Å². The number of nitrogens with zero attached hydrogens (tertiary/aromatic N) is 3. The Labute approximate surface area is 194 Å². The van der Waals surface area contributed by atoms with Crippen LogP contribution in [0.25, 0.3) is 0 Å². The van der Waals surface area contributed by atoms with E-state index >= 15 is 0 Å². The number of anilines is 2. The maximum absolute atomic E-state index is 5.93. The topological polar surface area (TPSA) is 49.9 Å². The molecule has 0 saturated carbocycles. The normalized spacial score (nSPS) is 14.3. The highest BCUT2D eigenvalue weighted by Gasteiger charge is 2.19. The Morgan fingerprint density at radius 3 is 2.56 bits per heavy atom. The van der Waals surface area contributed by atoms with Gasteiger partial charge in [0.25, 0.3) is 0 Å². The summed E-state index contributed by atoms with van der Waals surface area (Å²) in [5.74, 6) is 1.90. The smallest absolute Gasteiger partial charge is 0.182 e. The summed E-state index contributed by atoms with van der Waals surface area (Å²) in [6.07, 6.45) is 4.04. The number of para-hydroxylation sites is 2. The lowest BCUT2D eigenvalue weighted by Gasteiger charge is -2.36. The highest BCUT2D eigenvalue weighted by atomic mass is 32.1. The molecule has 1 aliphatic heterocycles. The first-order valence-electron chi connectivity index (χ1n) is 11.3. The van der Waals surface area contributed by atoms with Gasteiger partial charge in [0.2, 0.25) is 0 Å². The number of aromatic nitrogens is 1. The number of thiazole rings is 1. The molecule has 0 unspecified atom stereocenters. The molecule has 0 aliphatic carbocycles. The first kappa shape index (κ1) is 22.4. The summed E-state index contributed by atoms with van der Waals surface area (Å²) >= 11 is 1.61. The molecule has 1 N–H and O–H groups in total. The number of ether oxygens (including phenoxy) is 2. The Morgan fingerprint density at radius 2 is 1.81 bits per heavy atom. The van der Waals surface area contributed by atoms with E-state index in [1.807, 2.05) is 23.7 Å². The van der Waals surface area contributed by atoms with Gasteiger partial charge < -0.3 is 19.7 Å². The highest BCUT2D eigenvalue weighted by molar-refractivity contribution is 7.13. The molecule has 1 aromatic heterocycles. The lowest BCUT2D eigenvalue weighted by atomic mass is 10.2. The number of piperazine rings is 1. The molecule has 0 spiro atoms. The van der Waals surface area contributed by atoms with Gasteiger partial charge in [-0.2, -0.15) is 0 Å². The second-order valence-corrected chi connectivity index (χ2v) is 8.79. The third kappa shape index (κ3) is 6.37. The van der Waals surface area contributed by atoms with Crippen molar-refractivity contribution >= 4 is 22.2 Å². The second kappa shape index (κ2) is 11.7. The van der Waals surface area contributed by atoms with Crippen LogP contribution in [0.15, 0.2) is 60.1 Å². The second-order valence-electron chi connectivity index (χ2n) is 7.89. The molecule has 6 nitrogen and oxygen atoms in total. The summed E-state index contributed by atoms with van der Waals surface area (Å²) in [7, 11) is 1.74. The molecule has 0 radical (unpaired) electrons. The van der Waals surface area contributed by atoms with Gasteiger partial charge in [-0.25, -0.2) is 4.98 Å². The molecule has 0 bridgehead atoms. The standard InChI is InChI=1S/C25H32N4O2S/c1-30-24-7-3-2-6-23(24)29-16-14-28(15-17-29)13-4-5-18-31-22-10-8-21(9-11-22)20-27-25-26-12-19-32-25/h2-3,6-12,19H,4-5,13-18,20H2,1H3,(H,26,27). The molecular formula is C25H32N4O2S. The maximum atomic E-state index is 5.93. The van der Waals surface area contributed by atoms with Crippen molar-refractivity contribution in [3.8, 4) is 11.5 Å². The van der Waals surface area contributed by atoms with Gasteiger partial charge >= 0.3 is 0 Å². The van der Waals surface area contributed by atoms with E-state index in [1.165, 1.54) is 11.3 Å². The Kier molecular flexibility index (Phi) is 8.23. The highest BCUT2D eigenvalue weighted by Crippen LogP contribution is 2.28. The quantitative estimate of drug-likeness (QED) is 0.424. The van der Waals surface area contributed by atoms with Crippen molar-refractivity contribution in [2.45, 2.75) is 19.4 Å². The van der Waals surface area contributed by atoms with Crippen molar-refractivity contribution < 1.29 is 9.47 Å². The van der Waals surface area contributed by atoms with E-state index < -0.39 is 0 Å². The summed E-state index contributed by atoms with van der Waals surface area (Å²) < 4.78 is 11.4. The van der Waals surface area contributed by atoms with Crippen molar-refractivity contribution in [3.63, 3.8) is 0 Å². The lowest BCUT2D eigenvalue weighted by molar-refractivity contribution is 0.238. The molecule has 1 saturated heterocycles. The maximum Gasteiger partial charge on any atom is 0.182 e. The monoisotopic (exact) mass is 452 g/mol. The van der Waals surface area contributed by atoms with Crippen molar-refractivity contribution in [2.75, 3.05) is 56.7 Å². The van der Waals surface area contributed by atoms with Gasteiger partial charge in [0.1, 0.15) is 11.5 Å². The average molecular weight is 453 g/mol. The van der Waals surface area contributed by atoms with E-state index in [-0.39, 0.29) is 0 Å². The number of rotatable bonds is 11. The van der Waals surface area contributed by atoms with E-state index in [1.54, 1.807) is 18.4 Å². The molecule has 0 amide bonds. The van der Waals surface area contributed by atoms with Crippen LogP contribution in [0.2, 0.25) is 0 Å². The third-order valence-corrected chi connectivity index (χ3v) is 6.47. The number of nitrogens with one attached hydrogen (secondary N) is 1. The minimum absolute atomic E-state index is 0.762. The van der Waals surface area contributed by atoms with Crippen LogP contribution in [-0.4, -0.2) is 56.3 Å². The van der Waals surface area contributed by atoms with Crippen LogP contribution in [0.5, 0.6) is 11.5 Å². The molecule has 170 valence electrons. The molecule has 1 fully saturated rings. The SMILES string of the molecule is COc1ccccc1N1CCN(CCCCOc2ccc(CNc3nccs3)cc2)CC1. The minimum Gasteiger partial charge on any atom is -0.495 e. The van der Waals surface area contributed by atoms with Gasteiger partial charge in [0.05, 0.1) is 19.4 Å². The van der Waals surface area contributed by atoms with Crippen LogP contribution >= 0.6 is 11.3 Å². The molecule has 2 heterocycles. The van der Waals surface area contributed by atoms with Gasteiger partial charge in [0.15, 0.2) is 5.13 Å². The van der Waals surface area contributed by atoms with Crippen LogP contribution < -0.4 is 19.7 Å². The number of hydrogen-bond acceptors (Lipinski definition) is 7. The zero-order chi connectivity index (χ0) is 22.0. The molecule has 3 aromatic rings. The van der Waals surface area contributed by atoms with Gasteiger partial charge in [-0.1, -0.05) is 24.3 Å². The van der Waals surface area contributed by atoms with Crippen LogP contribution in [0.4, 0.5) is 10.8 Å². The molecule has 2 aromatic carbocycles. The summed E-state index contributed by atoms with van der Waals surface area (Å²) in [6.45, 7) is 6.94. The van der Waals surface area contributed by atoms with E-state index in [4.69, 9.17) is 9.47 Å². The zero-order valence-corrected chi connectivity index (χ0v) is 19.5. The zero-order valence-electron chi connectivity index (χ0n) is 18.7. The number of hydrogen-bond donors (Lipinski definition) is 1. The van der Waals surface area contributed by atoms with E-state index in [2.05, 4.69) is 56.5 Å². The van der Waals surface area contributed by atoms with Crippen LogP contribution in [-0.2, 0) is 6.54 Å². The van der Waals surface area contributed by atoms with Gasteiger partial charge in [0, 0.05) is 44.3 Å². The first-order chi connectivity index (χ1) is 15.8. The number of benzene rings is 2. The van der Waals surface area contributed by atoms with Crippen molar-refractivity contribution in [1.29, 1.82) is 0 Å². The van der Waals surface area contributed by atoms with E-state index in [9.17, 15) is 0 Å². The van der Waals surface area contributed by atoms with Gasteiger partial charge in [-0.3, -0.25) is 4.90 Å². The minimum atomic E-state index is 0.762. The fourth-order valence-corrected chi connectivity index (χ4v) is 4.45. The third-order valence-electron chi connectivity index (χ3n) is 5.73. The first-order valence-corrected chi connectivity index (χ1v) is 12.2. The van der Waals surface area contributed by atoms with Gasteiger partial charge in [-0.15, -0.1) is 11.3 Å². The predicted molar refractivity (Wildman–Crippen MR) is 132 cm³/mol. The Hall–Kier alpha value is -2.77. The summed E-state index contributed by atoms with van der Waals surface area (Å²) in [6, 6.07) is 16.6. The molecule has 4 rings (SSSR count). The summed E-state index contributed by atoms with van der Waals surface area (Å²) in [4.78, 5) is 9.21. The fourth-order valence-electron chi connectivity index (χ4n) is 3.92. The largest absolute Gasteiger partial charge is 0.495 e.